The summed E-state index contributed by atoms with van der Waals surface area (Å²) in [6, 6.07) is 6.03. The molecule has 1 aromatic carbocycles. The fourth-order valence-corrected chi connectivity index (χ4v) is 3.11. The van der Waals surface area contributed by atoms with Crippen LogP contribution in [0, 0.1) is 0 Å². The van der Waals surface area contributed by atoms with Gasteiger partial charge in [-0.05, 0) is 45.0 Å². The van der Waals surface area contributed by atoms with Crippen molar-refractivity contribution in [2.45, 2.75) is 32.2 Å². The molecule has 114 valence electrons. The largest absolute Gasteiger partial charge is 0.494 e. The number of nitrogens with zero attached hydrogens (tertiary/aromatic N) is 2. The van der Waals surface area contributed by atoms with Crippen molar-refractivity contribution in [3.05, 3.63) is 24.0 Å². The molecule has 1 aliphatic heterocycles. The van der Waals surface area contributed by atoms with Gasteiger partial charge in [-0.1, -0.05) is 0 Å². The van der Waals surface area contributed by atoms with Crippen molar-refractivity contribution in [2.75, 3.05) is 26.3 Å². The number of aliphatic hydroxyl groups is 1. The first-order valence-corrected chi connectivity index (χ1v) is 7.78. The number of fused-ring (bicyclic) bond motifs is 1. The molecule has 2 N–H and O–H groups in total. The first-order chi connectivity index (χ1) is 10.3. The third-order valence-corrected chi connectivity index (χ3v) is 4.09. The van der Waals surface area contributed by atoms with Crippen LogP contribution in [0.4, 0.5) is 0 Å². The number of piperidine rings is 1. The minimum atomic E-state index is 0.136. The second kappa shape index (κ2) is 6.45. The first-order valence-electron chi connectivity index (χ1n) is 7.78. The summed E-state index contributed by atoms with van der Waals surface area (Å²) >= 11 is 0. The molecular formula is C16H23N3O2. The van der Waals surface area contributed by atoms with Crippen LogP contribution in [0.25, 0.3) is 11.0 Å². The van der Waals surface area contributed by atoms with Gasteiger partial charge in [0.25, 0.3) is 0 Å². The predicted octanol–water partition coefficient (Wildman–Crippen LogP) is 1.89. The molecule has 0 aliphatic carbocycles. The molecule has 1 aromatic heterocycles. The fraction of sp³-hybridized carbons (Fsp3) is 0.562. The molecule has 5 nitrogen and oxygen atoms in total. The lowest BCUT2D eigenvalue weighted by molar-refractivity contribution is 0.273. The van der Waals surface area contributed by atoms with Crippen LogP contribution in [0.15, 0.2) is 18.2 Å². The van der Waals surface area contributed by atoms with E-state index >= 15 is 0 Å². The molecule has 0 radical (unpaired) electrons. The molecule has 0 saturated carbocycles. The van der Waals surface area contributed by atoms with Crippen molar-refractivity contribution < 1.29 is 9.84 Å². The second-order valence-electron chi connectivity index (χ2n) is 5.45. The normalized spacial score (nSPS) is 16.5. The van der Waals surface area contributed by atoms with Gasteiger partial charge in [0.15, 0.2) is 0 Å². The Morgan fingerprint density at radius 3 is 2.90 bits per heavy atom. The summed E-state index contributed by atoms with van der Waals surface area (Å²) < 4.78 is 7.73. The molecule has 3 rings (SSSR count). The van der Waals surface area contributed by atoms with Crippen LogP contribution in [0.2, 0.25) is 0 Å². The third kappa shape index (κ3) is 2.89. The zero-order chi connectivity index (χ0) is 14.7. The topological polar surface area (TPSA) is 59.3 Å². The van der Waals surface area contributed by atoms with Gasteiger partial charge in [-0.3, -0.25) is 0 Å². The first kappa shape index (κ1) is 14.4. The van der Waals surface area contributed by atoms with Crippen molar-refractivity contribution >= 4 is 11.0 Å². The molecule has 0 atom stereocenters. The maximum atomic E-state index is 9.37. The van der Waals surface area contributed by atoms with Crippen molar-refractivity contribution in [3.8, 4) is 5.75 Å². The van der Waals surface area contributed by atoms with Crippen molar-refractivity contribution in [3.63, 3.8) is 0 Å². The van der Waals surface area contributed by atoms with Crippen LogP contribution in [-0.4, -0.2) is 41.0 Å². The Hall–Kier alpha value is -1.59. The van der Waals surface area contributed by atoms with Gasteiger partial charge in [-0.15, -0.1) is 0 Å². The molecule has 21 heavy (non-hydrogen) atoms. The zero-order valence-electron chi connectivity index (χ0n) is 12.5. The fourth-order valence-electron chi connectivity index (χ4n) is 3.11. The standard InChI is InChI=1S/C16H23N3O2/c1-2-21-13-3-4-15-14(11-13)18-16(19(15)9-10-20)12-5-7-17-8-6-12/h3-4,11-12,17,20H,2,5-10H2,1H3. The number of benzene rings is 1. The van der Waals surface area contributed by atoms with Crippen LogP contribution in [-0.2, 0) is 6.54 Å². The number of aliphatic hydroxyl groups excluding tert-OH is 1. The van der Waals surface area contributed by atoms with Gasteiger partial charge in [0.1, 0.15) is 11.6 Å². The van der Waals surface area contributed by atoms with Gasteiger partial charge in [0, 0.05) is 18.5 Å². The van der Waals surface area contributed by atoms with E-state index < -0.39 is 0 Å². The summed E-state index contributed by atoms with van der Waals surface area (Å²) in [5.74, 6) is 2.44. The molecule has 1 saturated heterocycles. The van der Waals surface area contributed by atoms with Crippen LogP contribution >= 0.6 is 0 Å². The minimum absolute atomic E-state index is 0.136. The second-order valence-corrected chi connectivity index (χ2v) is 5.45. The van der Waals surface area contributed by atoms with Crippen LogP contribution in [0.5, 0.6) is 5.75 Å². The number of aromatic nitrogens is 2. The molecule has 2 aromatic rings. The highest BCUT2D eigenvalue weighted by atomic mass is 16.5. The molecule has 0 unspecified atom stereocenters. The van der Waals surface area contributed by atoms with E-state index in [1.54, 1.807) is 0 Å². The summed E-state index contributed by atoms with van der Waals surface area (Å²) in [7, 11) is 0. The van der Waals surface area contributed by atoms with Crippen LogP contribution in [0.3, 0.4) is 0 Å². The highest BCUT2D eigenvalue weighted by molar-refractivity contribution is 5.78. The maximum Gasteiger partial charge on any atom is 0.121 e. The Morgan fingerprint density at radius 2 is 2.19 bits per heavy atom. The minimum Gasteiger partial charge on any atom is -0.494 e. The van der Waals surface area contributed by atoms with Gasteiger partial charge in [-0.2, -0.15) is 0 Å². The van der Waals surface area contributed by atoms with E-state index in [9.17, 15) is 5.11 Å². The van der Waals surface area contributed by atoms with E-state index in [1.807, 2.05) is 25.1 Å². The SMILES string of the molecule is CCOc1ccc2c(c1)nc(C1CCNCC1)n2CCO. The molecule has 0 spiro atoms. The van der Waals surface area contributed by atoms with E-state index in [2.05, 4.69) is 9.88 Å². The van der Waals surface area contributed by atoms with E-state index in [-0.39, 0.29) is 6.61 Å². The van der Waals surface area contributed by atoms with E-state index in [4.69, 9.17) is 9.72 Å². The van der Waals surface area contributed by atoms with Crippen molar-refractivity contribution in [1.82, 2.24) is 14.9 Å². The Balaban J connectivity index is 2.02. The Bertz CT molecular complexity index is 603. The highest BCUT2D eigenvalue weighted by Crippen LogP contribution is 2.29. The van der Waals surface area contributed by atoms with Gasteiger partial charge >= 0.3 is 0 Å². The van der Waals surface area contributed by atoms with Gasteiger partial charge < -0.3 is 19.7 Å². The van der Waals surface area contributed by atoms with Crippen LogP contribution < -0.4 is 10.1 Å². The lowest BCUT2D eigenvalue weighted by Gasteiger charge is -2.23. The monoisotopic (exact) mass is 289 g/mol. The lowest BCUT2D eigenvalue weighted by Crippen LogP contribution is -2.28. The zero-order valence-corrected chi connectivity index (χ0v) is 12.5. The van der Waals surface area contributed by atoms with E-state index in [1.165, 1.54) is 0 Å². The number of hydrogen-bond donors (Lipinski definition) is 2. The third-order valence-electron chi connectivity index (χ3n) is 4.09. The number of ether oxygens (including phenoxy) is 1. The average Bonchev–Trinajstić information content (AvgIpc) is 2.87. The van der Waals surface area contributed by atoms with Gasteiger partial charge in [0.2, 0.25) is 0 Å². The summed E-state index contributed by atoms with van der Waals surface area (Å²) in [6.07, 6.45) is 2.21. The average molecular weight is 289 g/mol. The van der Waals surface area contributed by atoms with Crippen molar-refractivity contribution in [2.24, 2.45) is 0 Å². The molecule has 0 amide bonds. The summed E-state index contributed by atoms with van der Waals surface area (Å²) in [4.78, 5) is 4.84. The molecule has 1 aliphatic rings. The van der Waals surface area contributed by atoms with E-state index in [0.29, 0.717) is 19.1 Å². The number of rotatable bonds is 5. The molecule has 1 fully saturated rings. The number of nitrogens with one attached hydrogen (secondary N) is 1. The smallest absolute Gasteiger partial charge is 0.121 e. The summed E-state index contributed by atoms with van der Waals surface area (Å²) in [5.41, 5.74) is 2.05. The molecule has 5 heteroatoms. The van der Waals surface area contributed by atoms with E-state index in [0.717, 1.165) is 48.5 Å². The van der Waals surface area contributed by atoms with Gasteiger partial charge in [-0.25, -0.2) is 4.98 Å². The van der Waals surface area contributed by atoms with Crippen LogP contribution in [0.1, 0.15) is 31.5 Å². The van der Waals surface area contributed by atoms with Gasteiger partial charge in [0.05, 0.1) is 24.2 Å². The van der Waals surface area contributed by atoms with Crippen molar-refractivity contribution in [1.29, 1.82) is 0 Å². The predicted molar refractivity (Wildman–Crippen MR) is 82.8 cm³/mol. The molecular weight excluding hydrogens is 266 g/mol. The molecule has 2 heterocycles. The maximum absolute atomic E-state index is 9.37. The number of hydrogen-bond acceptors (Lipinski definition) is 4. The Kier molecular flexibility index (Phi) is 4.41. The summed E-state index contributed by atoms with van der Waals surface area (Å²) in [6.45, 7) is 5.45. The Labute approximate surface area is 124 Å². The molecule has 0 bridgehead atoms. The quantitative estimate of drug-likeness (QED) is 0.882. The highest BCUT2D eigenvalue weighted by Gasteiger charge is 2.22. The summed E-state index contributed by atoms with van der Waals surface area (Å²) in [5, 5.41) is 12.8. The number of imidazole rings is 1. The Morgan fingerprint density at radius 1 is 1.38 bits per heavy atom. The lowest BCUT2D eigenvalue weighted by atomic mass is 9.97.